The van der Waals surface area contributed by atoms with Gasteiger partial charge in [0.15, 0.2) is 0 Å². The Bertz CT molecular complexity index is 767. The molecule has 0 saturated carbocycles. The first-order valence-corrected chi connectivity index (χ1v) is 8.08. The van der Waals surface area contributed by atoms with Crippen molar-refractivity contribution >= 4 is 15.9 Å². The Morgan fingerprint density at radius 2 is 1.74 bits per heavy atom. The summed E-state index contributed by atoms with van der Waals surface area (Å²) in [4.78, 5) is 0. The van der Waals surface area contributed by atoms with E-state index in [4.69, 9.17) is 9.47 Å². The minimum absolute atomic E-state index is 0.481. The summed E-state index contributed by atoms with van der Waals surface area (Å²) in [5.41, 5.74) is 3.25. The van der Waals surface area contributed by atoms with Crippen LogP contribution in [0.25, 0.3) is 11.1 Å². The van der Waals surface area contributed by atoms with Crippen LogP contribution in [0.5, 0.6) is 11.5 Å². The fourth-order valence-electron chi connectivity index (χ4n) is 2.25. The second-order valence-electron chi connectivity index (χ2n) is 5.05. The lowest BCUT2D eigenvalue weighted by Gasteiger charge is -2.10. The zero-order valence-electron chi connectivity index (χ0n) is 12.8. The van der Waals surface area contributed by atoms with Gasteiger partial charge in [-0.1, -0.05) is 52.3 Å². The standard InChI is InChI=1S/C20H16BrO2/c1-22-19-11-12-20(21)17(13-19)14-23-18-9-7-16(8-10-18)15-5-3-2-4-6-15/h2-5,7-13H,14H2,1H3. The molecular formula is C20H16BrO2. The summed E-state index contributed by atoms with van der Waals surface area (Å²) in [5.74, 6) is 1.65. The lowest BCUT2D eigenvalue weighted by atomic mass is 10.1. The number of rotatable bonds is 5. The number of halogens is 1. The lowest BCUT2D eigenvalue weighted by Crippen LogP contribution is -1.97. The molecule has 0 fully saturated rings. The van der Waals surface area contributed by atoms with E-state index in [9.17, 15) is 0 Å². The van der Waals surface area contributed by atoms with Crippen LogP contribution >= 0.6 is 15.9 Å². The Hall–Kier alpha value is -2.26. The second kappa shape index (κ2) is 7.34. The van der Waals surface area contributed by atoms with Crippen molar-refractivity contribution in [1.29, 1.82) is 0 Å². The van der Waals surface area contributed by atoms with Gasteiger partial charge in [0.05, 0.1) is 7.11 Å². The van der Waals surface area contributed by atoms with Crippen molar-refractivity contribution < 1.29 is 9.47 Å². The molecule has 3 aromatic carbocycles. The molecule has 0 bridgehead atoms. The molecular weight excluding hydrogens is 352 g/mol. The highest BCUT2D eigenvalue weighted by Crippen LogP contribution is 2.25. The minimum atomic E-state index is 0.481. The van der Waals surface area contributed by atoms with Crippen molar-refractivity contribution in [3.63, 3.8) is 0 Å². The fourth-order valence-corrected chi connectivity index (χ4v) is 2.61. The topological polar surface area (TPSA) is 18.5 Å². The third kappa shape index (κ3) is 3.93. The maximum absolute atomic E-state index is 5.87. The minimum Gasteiger partial charge on any atom is -0.497 e. The van der Waals surface area contributed by atoms with E-state index >= 15 is 0 Å². The Balaban J connectivity index is 1.70. The van der Waals surface area contributed by atoms with E-state index in [2.05, 4.69) is 22.0 Å². The predicted molar refractivity (Wildman–Crippen MR) is 95.7 cm³/mol. The molecule has 1 radical (unpaired) electrons. The van der Waals surface area contributed by atoms with Crippen LogP contribution in [0.1, 0.15) is 5.56 Å². The number of methoxy groups -OCH3 is 1. The van der Waals surface area contributed by atoms with Gasteiger partial charge in [0.2, 0.25) is 0 Å². The van der Waals surface area contributed by atoms with E-state index in [1.165, 1.54) is 0 Å². The Morgan fingerprint density at radius 1 is 0.957 bits per heavy atom. The van der Waals surface area contributed by atoms with E-state index in [1.54, 1.807) is 7.11 Å². The molecule has 3 aromatic rings. The van der Waals surface area contributed by atoms with Crippen molar-refractivity contribution in [3.8, 4) is 22.6 Å². The average Bonchev–Trinajstić information content (AvgIpc) is 2.62. The van der Waals surface area contributed by atoms with Crippen molar-refractivity contribution in [3.05, 3.63) is 82.8 Å². The van der Waals surface area contributed by atoms with Crippen molar-refractivity contribution in [2.24, 2.45) is 0 Å². The average molecular weight is 368 g/mol. The lowest BCUT2D eigenvalue weighted by molar-refractivity contribution is 0.304. The SMILES string of the molecule is COc1ccc(Br)c(COc2ccc(-c3[c]cccc3)cc2)c1. The normalized spacial score (nSPS) is 10.3. The maximum Gasteiger partial charge on any atom is 0.119 e. The number of ether oxygens (including phenoxy) is 2. The zero-order valence-corrected chi connectivity index (χ0v) is 14.3. The molecule has 0 aromatic heterocycles. The maximum atomic E-state index is 5.87. The van der Waals surface area contributed by atoms with Gasteiger partial charge in [-0.2, -0.15) is 0 Å². The molecule has 2 nitrogen and oxygen atoms in total. The molecule has 0 atom stereocenters. The molecule has 115 valence electrons. The summed E-state index contributed by atoms with van der Waals surface area (Å²) in [6.07, 6.45) is 0. The molecule has 0 heterocycles. The summed E-state index contributed by atoms with van der Waals surface area (Å²) in [7, 11) is 1.66. The first-order valence-electron chi connectivity index (χ1n) is 7.28. The molecule has 23 heavy (non-hydrogen) atoms. The summed E-state index contributed by atoms with van der Waals surface area (Å²) >= 11 is 3.54. The van der Waals surface area contributed by atoms with Crippen LogP contribution in [-0.4, -0.2) is 7.11 Å². The van der Waals surface area contributed by atoms with E-state index in [0.717, 1.165) is 32.7 Å². The highest BCUT2D eigenvalue weighted by molar-refractivity contribution is 9.10. The molecule has 0 aliphatic heterocycles. The van der Waals surface area contributed by atoms with E-state index in [-0.39, 0.29) is 0 Å². The van der Waals surface area contributed by atoms with Crippen LogP contribution in [0.2, 0.25) is 0 Å². The first-order chi connectivity index (χ1) is 11.3. The highest BCUT2D eigenvalue weighted by Gasteiger charge is 2.04. The summed E-state index contributed by atoms with van der Waals surface area (Å²) in [5, 5.41) is 0. The molecule has 0 N–H and O–H groups in total. The summed E-state index contributed by atoms with van der Waals surface area (Å²) in [6, 6.07) is 25.0. The van der Waals surface area contributed by atoms with E-state index in [0.29, 0.717) is 6.61 Å². The second-order valence-corrected chi connectivity index (χ2v) is 5.90. The van der Waals surface area contributed by atoms with Gasteiger partial charge in [0, 0.05) is 10.0 Å². The van der Waals surface area contributed by atoms with Crippen LogP contribution in [0.3, 0.4) is 0 Å². The van der Waals surface area contributed by atoms with Gasteiger partial charge < -0.3 is 9.47 Å². The quantitative estimate of drug-likeness (QED) is 0.592. The summed E-state index contributed by atoms with van der Waals surface area (Å²) in [6.45, 7) is 0.481. The molecule has 0 aliphatic rings. The highest BCUT2D eigenvalue weighted by atomic mass is 79.9. The predicted octanol–water partition coefficient (Wildman–Crippen LogP) is 5.50. The molecule has 3 heteroatoms. The van der Waals surface area contributed by atoms with E-state index < -0.39 is 0 Å². The zero-order chi connectivity index (χ0) is 16.1. The fraction of sp³-hybridized carbons (Fsp3) is 0.100. The molecule has 0 amide bonds. The number of hydrogen-bond donors (Lipinski definition) is 0. The monoisotopic (exact) mass is 367 g/mol. The van der Waals surface area contributed by atoms with Gasteiger partial charge in [0.1, 0.15) is 18.1 Å². The Labute approximate surface area is 144 Å². The van der Waals surface area contributed by atoms with Gasteiger partial charge >= 0.3 is 0 Å². The number of hydrogen-bond acceptors (Lipinski definition) is 2. The Morgan fingerprint density at radius 3 is 2.43 bits per heavy atom. The first kappa shape index (κ1) is 15.6. The molecule has 3 rings (SSSR count). The van der Waals surface area contributed by atoms with Crippen molar-refractivity contribution in [1.82, 2.24) is 0 Å². The third-order valence-electron chi connectivity index (χ3n) is 3.52. The van der Waals surface area contributed by atoms with Gasteiger partial charge in [-0.3, -0.25) is 0 Å². The van der Waals surface area contributed by atoms with Gasteiger partial charge in [-0.05, 0) is 47.5 Å². The van der Waals surface area contributed by atoms with Crippen LogP contribution in [-0.2, 0) is 6.61 Å². The Kier molecular flexibility index (Phi) is 4.99. The third-order valence-corrected chi connectivity index (χ3v) is 4.30. The van der Waals surface area contributed by atoms with Gasteiger partial charge in [-0.25, -0.2) is 0 Å². The van der Waals surface area contributed by atoms with Crippen molar-refractivity contribution in [2.45, 2.75) is 6.61 Å². The van der Waals surface area contributed by atoms with Gasteiger partial charge in [0.25, 0.3) is 0 Å². The van der Waals surface area contributed by atoms with Crippen LogP contribution in [0.4, 0.5) is 0 Å². The smallest absolute Gasteiger partial charge is 0.119 e. The van der Waals surface area contributed by atoms with Crippen LogP contribution < -0.4 is 9.47 Å². The van der Waals surface area contributed by atoms with Crippen LogP contribution in [0, 0.1) is 6.07 Å². The molecule has 0 unspecified atom stereocenters. The van der Waals surface area contributed by atoms with E-state index in [1.807, 2.05) is 66.7 Å². The van der Waals surface area contributed by atoms with Crippen molar-refractivity contribution in [2.75, 3.05) is 7.11 Å². The number of benzene rings is 3. The largest absolute Gasteiger partial charge is 0.497 e. The van der Waals surface area contributed by atoms with Gasteiger partial charge in [-0.15, -0.1) is 0 Å². The molecule has 0 saturated heterocycles. The molecule has 0 aliphatic carbocycles. The molecule has 0 spiro atoms. The van der Waals surface area contributed by atoms with Crippen LogP contribution in [0.15, 0.2) is 71.2 Å². The summed E-state index contributed by atoms with van der Waals surface area (Å²) < 4.78 is 12.1.